The van der Waals surface area contributed by atoms with Gasteiger partial charge in [-0.1, -0.05) is 6.07 Å². The molecule has 1 saturated heterocycles. The summed E-state index contributed by atoms with van der Waals surface area (Å²) in [5, 5.41) is 11.1. The van der Waals surface area contributed by atoms with E-state index in [2.05, 4.69) is 4.90 Å². The summed E-state index contributed by atoms with van der Waals surface area (Å²) >= 11 is 0. The molecule has 0 radical (unpaired) electrons. The molecule has 0 bridgehead atoms. The van der Waals surface area contributed by atoms with Gasteiger partial charge in [-0.25, -0.2) is 8.42 Å². The average Bonchev–Trinajstić information content (AvgIpc) is 2.81. The Morgan fingerprint density at radius 1 is 1.24 bits per heavy atom. The molecule has 1 heterocycles. The number of benzene rings is 1. The predicted octanol–water partition coefficient (Wildman–Crippen LogP) is 1.64. The van der Waals surface area contributed by atoms with Crippen molar-refractivity contribution in [3.05, 3.63) is 33.9 Å². The van der Waals surface area contributed by atoms with E-state index in [4.69, 9.17) is 4.74 Å². The number of aryl methyl sites for hydroxylation is 1. The van der Waals surface area contributed by atoms with E-state index in [0.717, 1.165) is 32.0 Å². The van der Waals surface area contributed by atoms with E-state index in [-0.39, 0.29) is 10.6 Å². The Morgan fingerprint density at radius 2 is 2.00 bits per heavy atom. The molecule has 1 aromatic carbocycles. The fourth-order valence-corrected chi connectivity index (χ4v) is 4.43. The molecule has 0 atom stereocenters. The average molecular weight is 371 g/mol. The molecule has 25 heavy (non-hydrogen) atoms. The van der Waals surface area contributed by atoms with E-state index in [1.807, 2.05) is 0 Å². The fourth-order valence-electron chi connectivity index (χ4n) is 2.94. The van der Waals surface area contributed by atoms with Gasteiger partial charge in [0.05, 0.1) is 9.82 Å². The lowest BCUT2D eigenvalue weighted by molar-refractivity contribution is -0.385. The van der Waals surface area contributed by atoms with Crippen LogP contribution in [0.5, 0.6) is 0 Å². The molecule has 8 nitrogen and oxygen atoms in total. The zero-order valence-corrected chi connectivity index (χ0v) is 15.5. The summed E-state index contributed by atoms with van der Waals surface area (Å²) < 4.78 is 32.2. The number of rotatable bonds is 7. The van der Waals surface area contributed by atoms with E-state index >= 15 is 0 Å². The second-order valence-corrected chi connectivity index (χ2v) is 8.09. The third-order valence-electron chi connectivity index (χ3n) is 4.39. The number of nitro benzene ring substituents is 1. The molecule has 1 aliphatic heterocycles. The van der Waals surface area contributed by atoms with Gasteiger partial charge in [-0.15, -0.1) is 0 Å². The van der Waals surface area contributed by atoms with Gasteiger partial charge in [-0.3, -0.25) is 10.1 Å². The Hall–Kier alpha value is -1.55. The maximum Gasteiger partial charge on any atom is 0.273 e. The molecule has 0 N–H and O–H groups in total. The van der Waals surface area contributed by atoms with Crippen molar-refractivity contribution in [1.29, 1.82) is 0 Å². The van der Waals surface area contributed by atoms with Gasteiger partial charge in [0.25, 0.3) is 5.69 Å². The minimum Gasteiger partial charge on any atom is -0.385 e. The Bertz CT molecular complexity index is 708. The monoisotopic (exact) mass is 371 g/mol. The Morgan fingerprint density at radius 3 is 2.68 bits per heavy atom. The highest BCUT2D eigenvalue weighted by Crippen LogP contribution is 2.25. The van der Waals surface area contributed by atoms with Crippen LogP contribution >= 0.6 is 0 Å². The first-order valence-electron chi connectivity index (χ1n) is 8.32. The van der Waals surface area contributed by atoms with Crippen molar-refractivity contribution in [2.75, 3.05) is 46.4 Å². The van der Waals surface area contributed by atoms with Crippen LogP contribution in [0.1, 0.15) is 18.4 Å². The molecule has 140 valence electrons. The van der Waals surface area contributed by atoms with E-state index < -0.39 is 14.9 Å². The van der Waals surface area contributed by atoms with Gasteiger partial charge in [0.15, 0.2) is 0 Å². The summed E-state index contributed by atoms with van der Waals surface area (Å²) in [4.78, 5) is 12.7. The summed E-state index contributed by atoms with van der Waals surface area (Å²) in [5.74, 6) is 0. The standard InChI is InChI=1S/C16H25N3O5S/c1-14-5-6-15(13-16(14)19(20)21)25(22,23)18-9-3-7-17(10-11-18)8-4-12-24-2/h5-6,13H,3-4,7-12H2,1-2H3. The molecule has 1 fully saturated rings. The predicted molar refractivity (Wildman–Crippen MR) is 94.1 cm³/mol. The van der Waals surface area contributed by atoms with Gasteiger partial charge in [0.1, 0.15) is 0 Å². The van der Waals surface area contributed by atoms with E-state index in [1.165, 1.54) is 16.4 Å². The normalized spacial score (nSPS) is 17.4. The maximum absolute atomic E-state index is 12.9. The molecule has 0 spiro atoms. The zero-order valence-electron chi connectivity index (χ0n) is 14.7. The molecule has 2 rings (SSSR count). The van der Waals surface area contributed by atoms with Gasteiger partial charge in [-0.05, 0) is 32.4 Å². The summed E-state index contributed by atoms with van der Waals surface area (Å²) in [6, 6.07) is 4.09. The molecule has 0 unspecified atom stereocenters. The molecule has 0 amide bonds. The Labute approximate surface area is 148 Å². The minimum absolute atomic E-state index is 0.0161. The first-order valence-corrected chi connectivity index (χ1v) is 9.76. The largest absolute Gasteiger partial charge is 0.385 e. The summed E-state index contributed by atoms with van der Waals surface area (Å²) in [7, 11) is -2.07. The van der Waals surface area contributed by atoms with Crippen LogP contribution in [0.4, 0.5) is 5.69 Å². The second-order valence-electron chi connectivity index (χ2n) is 6.15. The number of nitro groups is 1. The van der Waals surface area contributed by atoms with Crippen LogP contribution in [0.3, 0.4) is 0 Å². The van der Waals surface area contributed by atoms with Crippen molar-refractivity contribution in [2.45, 2.75) is 24.7 Å². The molecule has 1 aromatic rings. The maximum atomic E-state index is 12.9. The first kappa shape index (κ1) is 19.8. The number of methoxy groups -OCH3 is 1. The van der Waals surface area contributed by atoms with Crippen molar-refractivity contribution < 1.29 is 18.1 Å². The van der Waals surface area contributed by atoms with Crippen LogP contribution < -0.4 is 0 Å². The molecular formula is C16H25N3O5S. The summed E-state index contributed by atoms with van der Waals surface area (Å²) in [6.07, 6.45) is 1.65. The van der Waals surface area contributed by atoms with Crippen LogP contribution in [0.2, 0.25) is 0 Å². The first-order chi connectivity index (χ1) is 11.9. The van der Waals surface area contributed by atoms with Crippen molar-refractivity contribution in [3.8, 4) is 0 Å². The van der Waals surface area contributed by atoms with Gasteiger partial charge in [0, 0.05) is 51.5 Å². The van der Waals surface area contributed by atoms with Crippen LogP contribution in [0.25, 0.3) is 0 Å². The molecular weight excluding hydrogens is 346 g/mol. The number of hydrogen-bond acceptors (Lipinski definition) is 6. The van der Waals surface area contributed by atoms with Crippen molar-refractivity contribution in [3.63, 3.8) is 0 Å². The molecule has 1 aliphatic rings. The zero-order chi connectivity index (χ0) is 18.4. The van der Waals surface area contributed by atoms with Crippen LogP contribution in [0.15, 0.2) is 23.1 Å². The van der Waals surface area contributed by atoms with Crippen molar-refractivity contribution >= 4 is 15.7 Å². The van der Waals surface area contributed by atoms with Crippen molar-refractivity contribution in [1.82, 2.24) is 9.21 Å². The Kier molecular flexibility index (Phi) is 6.88. The highest BCUT2D eigenvalue weighted by molar-refractivity contribution is 7.89. The highest BCUT2D eigenvalue weighted by Gasteiger charge is 2.28. The van der Waals surface area contributed by atoms with Gasteiger partial charge >= 0.3 is 0 Å². The van der Waals surface area contributed by atoms with Crippen LogP contribution in [0, 0.1) is 17.0 Å². The second kappa shape index (κ2) is 8.70. The molecule has 0 saturated carbocycles. The van der Waals surface area contributed by atoms with Crippen LogP contribution in [-0.4, -0.2) is 69.0 Å². The van der Waals surface area contributed by atoms with Gasteiger partial charge < -0.3 is 9.64 Å². The lowest BCUT2D eigenvalue weighted by Gasteiger charge is -2.21. The topological polar surface area (TPSA) is 93.0 Å². The molecule has 9 heteroatoms. The van der Waals surface area contributed by atoms with Gasteiger partial charge in [-0.2, -0.15) is 4.31 Å². The fraction of sp³-hybridized carbons (Fsp3) is 0.625. The van der Waals surface area contributed by atoms with Gasteiger partial charge in [0.2, 0.25) is 10.0 Å². The molecule has 0 aliphatic carbocycles. The lowest BCUT2D eigenvalue weighted by atomic mass is 10.2. The summed E-state index contributed by atoms with van der Waals surface area (Å²) in [6.45, 7) is 5.45. The van der Waals surface area contributed by atoms with Crippen LogP contribution in [-0.2, 0) is 14.8 Å². The minimum atomic E-state index is -3.73. The van der Waals surface area contributed by atoms with E-state index in [1.54, 1.807) is 14.0 Å². The number of ether oxygens (including phenoxy) is 1. The SMILES string of the molecule is COCCCN1CCCN(S(=O)(=O)c2ccc(C)c([N+](=O)[O-])c2)CC1. The van der Waals surface area contributed by atoms with Crippen molar-refractivity contribution in [2.24, 2.45) is 0 Å². The number of sulfonamides is 1. The summed E-state index contributed by atoms with van der Waals surface area (Å²) in [5.41, 5.74) is 0.279. The van der Waals surface area contributed by atoms with E-state index in [9.17, 15) is 18.5 Å². The third kappa shape index (κ3) is 4.97. The lowest BCUT2D eigenvalue weighted by Crippen LogP contribution is -2.35. The third-order valence-corrected chi connectivity index (χ3v) is 6.28. The molecule has 0 aromatic heterocycles. The van der Waals surface area contributed by atoms with E-state index in [0.29, 0.717) is 31.8 Å². The number of hydrogen-bond donors (Lipinski definition) is 0. The Balaban J connectivity index is 2.12. The smallest absolute Gasteiger partial charge is 0.273 e. The highest BCUT2D eigenvalue weighted by atomic mass is 32.2. The quantitative estimate of drug-likeness (QED) is 0.411. The number of nitrogens with zero attached hydrogens (tertiary/aromatic N) is 3.